The first-order chi connectivity index (χ1) is 7.24. The molecule has 0 spiro atoms. The number of aromatic nitrogens is 2. The van der Waals surface area contributed by atoms with E-state index in [-0.39, 0.29) is 0 Å². The maximum Gasteiger partial charge on any atom is 0.161 e. The Morgan fingerprint density at radius 3 is 1.80 bits per heavy atom. The van der Waals surface area contributed by atoms with E-state index >= 15 is 0 Å². The fourth-order valence-electron chi connectivity index (χ4n) is 1.95. The molecule has 1 aliphatic rings. The summed E-state index contributed by atoms with van der Waals surface area (Å²) < 4.78 is 25.9. The van der Waals surface area contributed by atoms with Crippen molar-refractivity contribution in [3.63, 3.8) is 0 Å². The van der Waals surface area contributed by atoms with Crippen LogP contribution < -0.4 is 0 Å². The Morgan fingerprint density at radius 2 is 1.33 bits per heavy atom. The second-order valence-electron chi connectivity index (χ2n) is 3.73. The highest BCUT2D eigenvalue weighted by molar-refractivity contribution is 5.74. The number of aryl methyl sites for hydroxylation is 2. The molecule has 0 bridgehead atoms. The lowest BCUT2D eigenvalue weighted by Gasteiger charge is -2.02. The molecule has 0 atom stereocenters. The minimum Gasteiger partial charge on any atom is -0.249 e. The van der Waals surface area contributed by atoms with Crippen molar-refractivity contribution in [1.82, 2.24) is 9.97 Å². The number of benzene rings is 1. The quantitative estimate of drug-likeness (QED) is 0.661. The average Bonchev–Trinajstić information content (AvgIpc) is 2.63. The molecule has 0 fully saturated rings. The van der Waals surface area contributed by atoms with Gasteiger partial charge in [-0.1, -0.05) is 0 Å². The number of halogens is 2. The second-order valence-corrected chi connectivity index (χ2v) is 3.73. The predicted octanol–water partition coefficient (Wildman–Crippen LogP) is 2.40. The standard InChI is InChI=1S/C11H8F2N2/c12-6-4-10-11(5-7(6)13)15-9-3-1-2-8(9)14-10/h4-5H,1-3H2. The highest BCUT2D eigenvalue weighted by Gasteiger charge is 2.16. The van der Waals surface area contributed by atoms with Gasteiger partial charge in [0.15, 0.2) is 11.6 Å². The van der Waals surface area contributed by atoms with Crippen LogP contribution in [0.4, 0.5) is 8.78 Å². The van der Waals surface area contributed by atoms with Crippen LogP contribution in [0.3, 0.4) is 0 Å². The summed E-state index contributed by atoms with van der Waals surface area (Å²) >= 11 is 0. The van der Waals surface area contributed by atoms with Crippen LogP contribution >= 0.6 is 0 Å². The molecule has 15 heavy (non-hydrogen) atoms. The van der Waals surface area contributed by atoms with E-state index in [1.54, 1.807) is 0 Å². The molecule has 0 aliphatic heterocycles. The Balaban J connectivity index is 2.34. The molecule has 0 amide bonds. The van der Waals surface area contributed by atoms with Gasteiger partial charge in [0, 0.05) is 12.1 Å². The topological polar surface area (TPSA) is 25.8 Å². The number of rotatable bonds is 0. The first-order valence-electron chi connectivity index (χ1n) is 4.88. The summed E-state index contributed by atoms with van der Waals surface area (Å²) in [5.74, 6) is -1.73. The molecule has 0 unspecified atom stereocenters. The minimum atomic E-state index is -0.866. The molecular weight excluding hydrogens is 198 g/mol. The van der Waals surface area contributed by atoms with E-state index in [1.165, 1.54) is 0 Å². The molecule has 0 N–H and O–H groups in total. The summed E-state index contributed by atoms with van der Waals surface area (Å²) in [6.07, 6.45) is 2.80. The van der Waals surface area contributed by atoms with Crippen LogP contribution in [0.1, 0.15) is 17.8 Å². The molecule has 3 rings (SSSR count). The third-order valence-corrected chi connectivity index (χ3v) is 2.69. The number of fused-ring (bicyclic) bond motifs is 2. The number of hydrogen-bond acceptors (Lipinski definition) is 2. The van der Waals surface area contributed by atoms with E-state index in [1.807, 2.05) is 0 Å². The van der Waals surface area contributed by atoms with Crippen LogP contribution in [0.5, 0.6) is 0 Å². The van der Waals surface area contributed by atoms with E-state index in [0.29, 0.717) is 11.0 Å². The lowest BCUT2D eigenvalue weighted by molar-refractivity contribution is 0.510. The summed E-state index contributed by atoms with van der Waals surface area (Å²) in [5, 5.41) is 0. The van der Waals surface area contributed by atoms with Crippen molar-refractivity contribution in [2.24, 2.45) is 0 Å². The fraction of sp³-hybridized carbons (Fsp3) is 0.273. The summed E-state index contributed by atoms with van der Waals surface area (Å²) in [6, 6.07) is 2.21. The molecule has 0 radical (unpaired) electrons. The number of nitrogens with zero attached hydrogens (tertiary/aromatic N) is 2. The Kier molecular flexibility index (Phi) is 1.71. The summed E-state index contributed by atoms with van der Waals surface area (Å²) in [5.41, 5.74) is 2.73. The van der Waals surface area contributed by atoms with Crippen LogP contribution in [-0.4, -0.2) is 9.97 Å². The van der Waals surface area contributed by atoms with Crippen molar-refractivity contribution in [2.45, 2.75) is 19.3 Å². The maximum atomic E-state index is 13.0. The third kappa shape index (κ3) is 1.28. The van der Waals surface area contributed by atoms with Crippen LogP contribution in [0.2, 0.25) is 0 Å². The van der Waals surface area contributed by atoms with E-state index in [0.717, 1.165) is 42.8 Å². The normalized spacial score (nSPS) is 14.5. The molecule has 0 saturated carbocycles. The summed E-state index contributed by atoms with van der Waals surface area (Å²) in [7, 11) is 0. The third-order valence-electron chi connectivity index (χ3n) is 2.69. The number of hydrogen-bond donors (Lipinski definition) is 0. The monoisotopic (exact) mass is 206 g/mol. The van der Waals surface area contributed by atoms with Gasteiger partial charge in [-0.05, 0) is 19.3 Å². The average molecular weight is 206 g/mol. The Bertz CT molecular complexity index is 503. The van der Waals surface area contributed by atoms with Gasteiger partial charge in [0.25, 0.3) is 0 Å². The Morgan fingerprint density at radius 1 is 0.867 bits per heavy atom. The van der Waals surface area contributed by atoms with Gasteiger partial charge in [-0.25, -0.2) is 18.7 Å². The van der Waals surface area contributed by atoms with Crippen LogP contribution in [0, 0.1) is 11.6 Å². The van der Waals surface area contributed by atoms with E-state index < -0.39 is 11.6 Å². The van der Waals surface area contributed by atoms with Gasteiger partial charge in [0.05, 0.1) is 22.4 Å². The van der Waals surface area contributed by atoms with Crippen molar-refractivity contribution in [2.75, 3.05) is 0 Å². The van der Waals surface area contributed by atoms with Crippen molar-refractivity contribution in [3.8, 4) is 0 Å². The van der Waals surface area contributed by atoms with E-state index in [4.69, 9.17) is 0 Å². The van der Waals surface area contributed by atoms with Gasteiger partial charge >= 0.3 is 0 Å². The van der Waals surface area contributed by atoms with Gasteiger partial charge in [0.1, 0.15) is 0 Å². The summed E-state index contributed by atoms with van der Waals surface area (Å²) in [4.78, 5) is 8.58. The van der Waals surface area contributed by atoms with E-state index in [2.05, 4.69) is 9.97 Å². The predicted molar refractivity (Wildman–Crippen MR) is 51.5 cm³/mol. The molecule has 76 valence electrons. The molecule has 1 heterocycles. The Hall–Kier alpha value is -1.58. The van der Waals surface area contributed by atoms with Gasteiger partial charge in [-0.2, -0.15) is 0 Å². The van der Waals surface area contributed by atoms with Crippen LogP contribution in [0.25, 0.3) is 11.0 Å². The highest BCUT2D eigenvalue weighted by Crippen LogP contribution is 2.22. The van der Waals surface area contributed by atoms with Crippen molar-refractivity contribution in [1.29, 1.82) is 0 Å². The van der Waals surface area contributed by atoms with Crippen molar-refractivity contribution in [3.05, 3.63) is 35.2 Å². The lowest BCUT2D eigenvalue weighted by Crippen LogP contribution is -1.96. The van der Waals surface area contributed by atoms with Gasteiger partial charge in [0.2, 0.25) is 0 Å². The highest BCUT2D eigenvalue weighted by atomic mass is 19.2. The minimum absolute atomic E-state index is 0.439. The molecule has 1 aromatic carbocycles. The second kappa shape index (κ2) is 2.95. The Labute approximate surface area is 85.0 Å². The van der Waals surface area contributed by atoms with Crippen molar-refractivity contribution >= 4 is 11.0 Å². The first kappa shape index (κ1) is 8.71. The molecule has 1 aromatic heterocycles. The molecule has 0 saturated heterocycles. The molecule has 2 nitrogen and oxygen atoms in total. The largest absolute Gasteiger partial charge is 0.249 e. The smallest absolute Gasteiger partial charge is 0.161 e. The zero-order chi connectivity index (χ0) is 10.4. The van der Waals surface area contributed by atoms with Gasteiger partial charge in [-0.15, -0.1) is 0 Å². The van der Waals surface area contributed by atoms with Crippen LogP contribution in [-0.2, 0) is 12.8 Å². The first-order valence-corrected chi connectivity index (χ1v) is 4.88. The molecule has 1 aliphatic carbocycles. The SMILES string of the molecule is Fc1cc2nc3c(nc2cc1F)CCC3. The lowest BCUT2D eigenvalue weighted by atomic mass is 10.2. The van der Waals surface area contributed by atoms with Crippen molar-refractivity contribution < 1.29 is 8.78 Å². The maximum absolute atomic E-state index is 13.0. The molecular formula is C11H8F2N2. The van der Waals surface area contributed by atoms with Gasteiger partial charge in [-0.3, -0.25) is 0 Å². The zero-order valence-electron chi connectivity index (χ0n) is 7.93. The zero-order valence-corrected chi connectivity index (χ0v) is 7.93. The summed E-state index contributed by atoms with van der Waals surface area (Å²) in [6.45, 7) is 0. The van der Waals surface area contributed by atoms with Gasteiger partial charge < -0.3 is 0 Å². The van der Waals surface area contributed by atoms with Crippen LogP contribution in [0.15, 0.2) is 12.1 Å². The van der Waals surface area contributed by atoms with E-state index in [9.17, 15) is 8.78 Å². The molecule has 4 heteroatoms. The molecule has 2 aromatic rings. The fourth-order valence-corrected chi connectivity index (χ4v) is 1.95.